The Bertz CT molecular complexity index is 587. The molecule has 0 unspecified atom stereocenters. The molecule has 3 nitrogen and oxygen atoms in total. The summed E-state index contributed by atoms with van der Waals surface area (Å²) in [5, 5.41) is 0.757. The molecule has 0 aliphatic carbocycles. The van der Waals surface area contributed by atoms with Crippen LogP contribution in [0.5, 0.6) is 5.75 Å². The number of benzene rings is 1. The summed E-state index contributed by atoms with van der Waals surface area (Å²) in [6, 6.07) is 6.24. The molecule has 3 rings (SSSR count). The van der Waals surface area contributed by atoms with E-state index in [1.165, 1.54) is 12.1 Å². The molecular formula is C13H13F3N2O. The van der Waals surface area contributed by atoms with Gasteiger partial charge in [0.1, 0.15) is 5.75 Å². The summed E-state index contributed by atoms with van der Waals surface area (Å²) in [6.07, 6.45) is -2.75. The normalized spacial score (nSPS) is 15.9. The van der Waals surface area contributed by atoms with Gasteiger partial charge in [0.2, 0.25) is 0 Å². The molecular weight excluding hydrogens is 257 g/mol. The lowest BCUT2D eigenvalue weighted by Crippen LogP contribution is -2.17. The third-order valence-corrected chi connectivity index (χ3v) is 3.17. The summed E-state index contributed by atoms with van der Waals surface area (Å²) >= 11 is 0. The second-order valence-corrected chi connectivity index (χ2v) is 4.62. The van der Waals surface area contributed by atoms with E-state index >= 15 is 0 Å². The van der Waals surface area contributed by atoms with E-state index in [2.05, 4.69) is 9.64 Å². The Morgan fingerprint density at radius 3 is 2.58 bits per heavy atom. The lowest BCUT2D eigenvalue weighted by Gasteiger charge is -2.09. The maximum Gasteiger partial charge on any atom is 0.573 e. The number of ether oxygens (including phenoxy) is 1. The van der Waals surface area contributed by atoms with Gasteiger partial charge in [0.15, 0.2) is 0 Å². The summed E-state index contributed by atoms with van der Waals surface area (Å²) in [5.74, 6) is -0.177. The van der Waals surface area contributed by atoms with Gasteiger partial charge in [-0.1, -0.05) is 0 Å². The average molecular weight is 270 g/mol. The second-order valence-electron chi connectivity index (χ2n) is 4.62. The lowest BCUT2D eigenvalue weighted by atomic mass is 10.2. The minimum Gasteiger partial charge on any atom is -0.406 e. The van der Waals surface area contributed by atoms with Crippen molar-refractivity contribution in [1.29, 1.82) is 0 Å². The van der Waals surface area contributed by atoms with Gasteiger partial charge in [-0.2, -0.15) is 0 Å². The molecule has 0 amide bonds. The minimum atomic E-state index is -4.64. The summed E-state index contributed by atoms with van der Waals surface area (Å²) in [5.41, 5.74) is 0.927. The SMILES string of the molecule is FC(F)(F)Oc1ccc2c(ccn2CCN2CC2)c1. The minimum absolute atomic E-state index is 0.177. The van der Waals surface area contributed by atoms with Crippen LogP contribution in [0.3, 0.4) is 0 Å². The van der Waals surface area contributed by atoms with Gasteiger partial charge in [0.25, 0.3) is 0 Å². The maximum atomic E-state index is 12.1. The van der Waals surface area contributed by atoms with Crippen molar-refractivity contribution < 1.29 is 17.9 Å². The lowest BCUT2D eigenvalue weighted by molar-refractivity contribution is -0.274. The van der Waals surface area contributed by atoms with Gasteiger partial charge in [-0.15, -0.1) is 13.2 Å². The van der Waals surface area contributed by atoms with Crippen LogP contribution >= 0.6 is 0 Å². The maximum absolute atomic E-state index is 12.1. The van der Waals surface area contributed by atoms with Crippen molar-refractivity contribution in [3.05, 3.63) is 30.5 Å². The smallest absolute Gasteiger partial charge is 0.406 e. The first-order valence-corrected chi connectivity index (χ1v) is 6.08. The van der Waals surface area contributed by atoms with Gasteiger partial charge in [0.05, 0.1) is 0 Å². The fourth-order valence-electron chi connectivity index (χ4n) is 2.11. The van der Waals surface area contributed by atoms with Crippen molar-refractivity contribution in [2.75, 3.05) is 19.6 Å². The summed E-state index contributed by atoms with van der Waals surface area (Å²) in [6.45, 7) is 4.11. The van der Waals surface area contributed by atoms with E-state index in [1.54, 1.807) is 12.1 Å². The first kappa shape index (κ1) is 12.3. The first-order chi connectivity index (χ1) is 9.01. The molecule has 0 radical (unpaired) electrons. The van der Waals surface area contributed by atoms with Gasteiger partial charge in [-0.3, -0.25) is 4.90 Å². The number of alkyl halides is 3. The van der Waals surface area contributed by atoms with Crippen LogP contribution in [-0.4, -0.2) is 35.5 Å². The largest absolute Gasteiger partial charge is 0.573 e. The average Bonchev–Trinajstić information content (AvgIpc) is 3.06. The van der Waals surface area contributed by atoms with Crippen LogP contribution in [0, 0.1) is 0 Å². The predicted molar refractivity (Wildman–Crippen MR) is 65.1 cm³/mol. The highest BCUT2D eigenvalue weighted by Crippen LogP contribution is 2.27. The van der Waals surface area contributed by atoms with E-state index in [-0.39, 0.29) is 5.75 Å². The van der Waals surface area contributed by atoms with E-state index in [0.717, 1.165) is 37.1 Å². The number of hydrogen-bond donors (Lipinski definition) is 0. The van der Waals surface area contributed by atoms with Crippen molar-refractivity contribution in [3.8, 4) is 5.75 Å². The third kappa shape index (κ3) is 3.01. The molecule has 0 saturated carbocycles. The van der Waals surface area contributed by atoms with Crippen LogP contribution in [0.4, 0.5) is 13.2 Å². The van der Waals surface area contributed by atoms with Crippen molar-refractivity contribution in [1.82, 2.24) is 9.47 Å². The molecule has 1 fully saturated rings. The molecule has 1 aromatic heterocycles. The third-order valence-electron chi connectivity index (χ3n) is 3.17. The number of aromatic nitrogens is 1. The zero-order valence-electron chi connectivity index (χ0n) is 10.2. The van der Waals surface area contributed by atoms with E-state index in [1.807, 2.05) is 10.8 Å². The highest BCUT2D eigenvalue weighted by atomic mass is 19.4. The fourth-order valence-corrected chi connectivity index (χ4v) is 2.11. The van der Waals surface area contributed by atoms with Crippen LogP contribution in [0.25, 0.3) is 10.9 Å². The Kier molecular flexibility index (Phi) is 2.89. The fraction of sp³-hybridized carbons (Fsp3) is 0.385. The van der Waals surface area contributed by atoms with E-state index in [9.17, 15) is 13.2 Å². The van der Waals surface area contributed by atoms with Gasteiger partial charge in [-0.25, -0.2) is 0 Å². The Balaban J connectivity index is 1.80. The zero-order chi connectivity index (χ0) is 13.5. The Morgan fingerprint density at radius 2 is 1.89 bits per heavy atom. The number of halogens is 3. The highest BCUT2D eigenvalue weighted by Gasteiger charge is 2.31. The quantitative estimate of drug-likeness (QED) is 0.795. The first-order valence-electron chi connectivity index (χ1n) is 6.08. The van der Waals surface area contributed by atoms with Crippen LogP contribution in [0.1, 0.15) is 0 Å². The predicted octanol–water partition coefficient (Wildman–Crippen LogP) is 2.86. The zero-order valence-corrected chi connectivity index (χ0v) is 10.2. The molecule has 1 aliphatic heterocycles. The monoisotopic (exact) mass is 270 g/mol. The Morgan fingerprint density at radius 1 is 1.11 bits per heavy atom. The topological polar surface area (TPSA) is 17.2 Å². The summed E-state index contributed by atoms with van der Waals surface area (Å²) < 4.78 is 42.3. The number of hydrogen-bond acceptors (Lipinski definition) is 2. The molecule has 102 valence electrons. The molecule has 6 heteroatoms. The molecule has 1 aliphatic rings. The molecule has 0 bridgehead atoms. The van der Waals surface area contributed by atoms with Crippen molar-refractivity contribution >= 4 is 10.9 Å². The highest BCUT2D eigenvalue weighted by molar-refractivity contribution is 5.81. The van der Waals surface area contributed by atoms with Gasteiger partial charge >= 0.3 is 6.36 Å². The number of nitrogens with zero attached hydrogens (tertiary/aromatic N) is 2. The molecule has 0 N–H and O–H groups in total. The van der Waals surface area contributed by atoms with Crippen LogP contribution in [0.15, 0.2) is 30.5 Å². The second kappa shape index (κ2) is 4.45. The molecule has 19 heavy (non-hydrogen) atoms. The molecule has 1 saturated heterocycles. The van der Waals surface area contributed by atoms with Crippen LogP contribution in [0.2, 0.25) is 0 Å². The standard InChI is InChI=1S/C13H13F3N2O/c14-13(15,16)19-11-1-2-12-10(9-11)3-4-18(12)8-7-17-5-6-17/h1-4,9H,5-8H2. The summed E-state index contributed by atoms with van der Waals surface area (Å²) in [7, 11) is 0. The van der Waals surface area contributed by atoms with Gasteiger partial charge in [-0.05, 0) is 24.3 Å². The van der Waals surface area contributed by atoms with Crippen molar-refractivity contribution in [2.24, 2.45) is 0 Å². The Hall–Kier alpha value is -1.69. The molecule has 1 aromatic carbocycles. The molecule has 2 aromatic rings. The Labute approximate surface area is 108 Å². The van der Waals surface area contributed by atoms with Gasteiger partial charge < -0.3 is 9.30 Å². The van der Waals surface area contributed by atoms with E-state index < -0.39 is 6.36 Å². The molecule has 2 heterocycles. The van der Waals surface area contributed by atoms with Crippen LogP contribution < -0.4 is 4.74 Å². The molecule has 0 spiro atoms. The van der Waals surface area contributed by atoms with Crippen LogP contribution in [-0.2, 0) is 6.54 Å². The number of rotatable bonds is 4. The molecule has 0 atom stereocenters. The summed E-state index contributed by atoms with van der Waals surface area (Å²) in [4.78, 5) is 2.30. The number of fused-ring (bicyclic) bond motifs is 1. The van der Waals surface area contributed by atoms with E-state index in [4.69, 9.17) is 0 Å². The van der Waals surface area contributed by atoms with Gasteiger partial charge in [0, 0.05) is 43.3 Å². The van der Waals surface area contributed by atoms with Crippen molar-refractivity contribution in [2.45, 2.75) is 12.9 Å². The van der Waals surface area contributed by atoms with Crippen molar-refractivity contribution in [3.63, 3.8) is 0 Å². The van der Waals surface area contributed by atoms with E-state index in [0.29, 0.717) is 0 Å².